The van der Waals surface area contributed by atoms with Crippen LogP contribution in [0.4, 0.5) is 5.69 Å². The first-order chi connectivity index (χ1) is 13.9. The summed E-state index contributed by atoms with van der Waals surface area (Å²) in [6.45, 7) is 6.24. The molecule has 1 aliphatic heterocycles. The van der Waals surface area contributed by atoms with Crippen LogP contribution in [0.25, 0.3) is 0 Å². The van der Waals surface area contributed by atoms with Crippen LogP contribution in [-0.2, 0) is 10.2 Å². The zero-order valence-electron chi connectivity index (χ0n) is 17.6. The van der Waals surface area contributed by atoms with Gasteiger partial charge in [-0.3, -0.25) is 4.79 Å². The van der Waals surface area contributed by atoms with Crippen molar-refractivity contribution < 1.29 is 9.21 Å². The number of fused-ring (bicyclic) bond motifs is 1. The number of para-hydroxylation sites is 1. The first-order valence-electron chi connectivity index (χ1n) is 10.5. The van der Waals surface area contributed by atoms with Gasteiger partial charge in [0, 0.05) is 35.8 Å². The highest BCUT2D eigenvalue weighted by Crippen LogP contribution is 2.46. The first kappa shape index (κ1) is 20.2. The molecule has 6 heteroatoms. The summed E-state index contributed by atoms with van der Waals surface area (Å²) in [6.07, 6.45) is 7.77. The third kappa shape index (κ3) is 3.87. The number of hydrogen-bond donors (Lipinski definition) is 0. The lowest BCUT2D eigenvalue weighted by atomic mass is 9.83. The van der Waals surface area contributed by atoms with E-state index in [1.165, 1.54) is 36.6 Å². The number of carbonyl (C=O) groups is 1. The molecule has 2 aromatic rings. The van der Waals surface area contributed by atoms with Crippen molar-refractivity contribution in [1.29, 1.82) is 0 Å². The van der Waals surface area contributed by atoms with Crippen molar-refractivity contribution in [3.63, 3.8) is 0 Å². The Balaban J connectivity index is 1.47. The number of hydrogen-bond acceptors (Lipinski definition) is 6. The van der Waals surface area contributed by atoms with Crippen LogP contribution in [0.1, 0.15) is 70.2 Å². The fraction of sp³-hybridized carbons (Fsp3) is 0.522. The van der Waals surface area contributed by atoms with Crippen molar-refractivity contribution in [2.24, 2.45) is 0 Å². The van der Waals surface area contributed by atoms with Gasteiger partial charge in [0.2, 0.25) is 5.89 Å². The van der Waals surface area contributed by atoms with Gasteiger partial charge in [0.1, 0.15) is 0 Å². The summed E-state index contributed by atoms with van der Waals surface area (Å²) in [6, 6.07) is 8.33. The lowest BCUT2D eigenvalue weighted by Crippen LogP contribution is -2.25. The van der Waals surface area contributed by atoms with E-state index in [-0.39, 0.29) is 16.4 Å². The summed E-state index contributed by atoms with van der Waals surface area (Å²) in [7, 11) is 2.03. The molecular formula is C23H29N3O2S. The molecule has 0 radical (unpaired) electrons. The van der Waals surface area contributed by atoms with E-state index in [9.17, 15) is 4.79 Å². The minimum Gasteiger partial charge on any atom is -0.416 e. The van der Waals surface area contributed by atoms with Gasteiger partial charge < -0.3 is 9.32 Å². The van der Waals surface area contributed by atoms with Gasteiger partial charge in [-0.2, -0.15) is 0 Å². The van der Waals surface area contributed by atoms with Crippen molar-refractivity contribution in [2.45, 2.75) is 74.7 Å². The highest BCUT2D eigenvalue weighted by atomic mass is 32.2. The van der Waals surface area contributed by atoms with E-state index >= 15 is 0 Å². The number of benzene rings is 1. The van der Waals surface area contributed by atoms with Crippen LogP contribution in [-0.4, -0.2) is 28.3 Å². The Hall–Kier alpha value is -2.08. The molecule has 0 bridgehead atoms. The number of likely N-dealkylation sites (N-methyl/N-ethyl adjacent to an activating group) is 1. The quantitative estimate of drug-likeness (QED) is 0.480. The van der Waals surface area contributed by atoms with Gasteiger partial charge in [-0.05, 0) is 31.4 Å². The third-order valence-corrected chi connectivity index (χ3v) is 7.23. The summed E-state index contributed by atoms with van der Waals surface area (Å²) in [5, 5.41) is 8.64. The predicted octanol–water partition coefficient (Wildman–Crippen LogP) is 5.48. The molecular weight excluding hydrogens is 382 g/mol. The van der Waals surface area contributed by atoms with Gasteiger partial charge in [0.15, 0.2) is 5.78 Å². The normalized spacial score (nSPS) is 21.4. The second-order valence-electron chi connectivity index (χ2n) is 8.63. The van der Waals surface area contributed by atoms with Crippen LogP contribution in [0.3, 0.4) is 0 Å². The second kappa shape index (κ2) is 7.98. The van der Waals surface area contributed by atoms with Crippen LogP contribution < -0.4 is 4.90 Å². The van der Waals surface area contributed by atoms with Crippen molar-refractivity contribution in [1.82, 2.24) is 10.2 Å². The van der Waals surface area contributed by atoms with Gasteiger partial charge in [-0.15, -0.1) is 10.2 Å². The first-order valence-corrected chi connectivity index (χ1v) is 11.3. The van der Waals surface area contributed by atoms with E-state index in [2.05, 4.69) is 47.1 Å². The number of aromatic nitrogens is 2. The molecule has 1 aromatic heterocycles. The molecule has 1 fully saturated rings. The summed E-state index contributed by atoms with van der Waals surface area (Å²) in [5.74, 6) is 1.18. The SMILES string of the molecule is CC(Sc1nnc(C2CCCCC2)o1)C(=O)/C=C1/N(C)c2ccccc2C1(C)C. The zero-order chi connectivity index (χ0) is 20.6. The molecule has 1 unspecified atom stereocenters. The minimum absolute atomic E-state index is 0.0650. The third-order valence-electron chi connectivity index (χ3n) is 6.27. The molecule has 0 spiro atoms. The molecule has 1 saturated carbocycles. The van der Waals surface area contributed by atoms with E-state index < -0.39 is 0 Å². The number of rotatable bonds is 5. The minimum atomic E-state index is -0.282. The highest BCUT2D eigenvalue weighted by Gasteiger charge is 2.39. The molecule has 4 rings (SSSR count). The molecule has 2 heterocycles. The van der Waals surface area contributed by atoms with Crippen LogP contribution >= 0.6 is 11.8 Å². The Morgan fingerprint density at radius 1 is 1.24 bits per heavy atom. The van der Waals surface area contributed by atoms with Crippen LogP contribution in [0.15, 0.2) is 45.7 Å². The van der Waals surface area contributed by atoms with Gasteiger partial charge >= 0.3 is 0 Å². The topological polar surface area (TPSA) is 59.2 Å². The maximum absolute atomic E-state index is 13.0. The average molecular weight is 412 g/mol. The Kier molecular flexibility index (Phi) is 5.56. The fourth-order valence-electron chi connectivity index (χ4n) is 4.50. The molecule has 2 aliphatic rings. The summed E-state index contributed by atoms with van der Waals surface area (Å²) < 4.78 is 5.88. The van der Waals surface area contributed by atoms with Gasteiger partial charge in [-0.1, -0.05) is 63.1 Å². The number of anilines is 1. The summed E-state index contributed by atoms with van der Waals surface area (Å²) >= 11 is 1.35. The van der Waals surface area contributed by atoms with Gasteiger partial charge in [0.25, 0.3) is 5.22 Å². The molecule has 5 nitrogen and oxygen atoms in total. The molecule has 1 aromatic carbocycles. The van der Waals surface area contributed by atoms with Gasteiger partial charge in [0.05, 0.1) is 5.25 Å². The Labute approximate surface area is 177 Å². The molecule has 154 valence electrons. The van der Waals surface area contributed by atoms with Crippen molar-refractivity contribution in [3.05, 3.63) is 47.5 Å². The highest BCUT2D eigenvalue weighted by molar-refractivity contribution is 8.00. The monoisotopic (exact) mass is 411 g/mol. The molecule has 1 aliphatic carbocycles. The number of allylic oxidation sites excluding steroid dienone is 2. The van der Waals surface area contributed by atoms with E-state index in [4.69, 9.17) is 4.42 Å². The van der Waals surface area contributed by atoms with Crippen molar-refractivity contribution in [3.8, 4) is 0 Å². The smallest absolute Gasteiger partial charge is 0.277 e. The molecule has 1 atom stereocenters. The van der Waals surface area contributed by atoms with E-state index in [1.807, 2.05) is 20.0 Å². The Bertz CT molecular complexity index is 928. The fourth-order valence-corrected chi connectivity index (χ4v) is 5.21. The van der Waals surface area contributed by atoms with Crippen LogP contribution in [0, 0.1) is 0 Å². The Morgan fingerprint density at radius 2 is 1.97 bits per heavy atom. The van der Waals surface area contributed by atoms with Gasteiger partial charge in [-0.25, -0.2) is 0 Å². The number of nitrogens with zero attached hydrogens (tertiary/aromatic N) is 3. The van der Waals surface area contributed by atoms with Crippen LogP contribution in [0.2, 0.25) is 0 Å². The predicted molar refractivity (Wildman–Crippen MR) is 116 cm³/mol. The number of carbonyl (C=O) groups excluding carboxylic acids is 1. The Morgan fingerprint density at radius 3 is 2.69 bits per heavy atom. The lowest BCUT2D eigenvalue weighted by Gasteiger charge is -2.24. The van der Waals surface area contributed by atoms with Crippen molar-refractivity contribution in [2.75, 3.05) is 11.9 Å². The maximum atomic E-state index is 13.0. The van der Waals surface area contributed by atoms with Crippen LogP contribution in [0.5, 0.6) is 0 Å². The standard InChI is InChI=1S/C23H29N3O2S/c1-15(29-22-25-24-21(28-22)16-10-6-5-7-11-16)19(27)14-20-23(2,3)17-12-8-9-13-18(17)26(20)4/h8-9,12-16H,5-7,10-11H2,1-4H3/b20-14+. The van der Waals surface area contributed by atoms with Crippen molar-refractivity contribution >= 4 is 23.2 Å². The molecule has 0 N–H and O–H groups in total. The van der Waals surface area contributed by atoms with E-state index in [0.29, 0.717) is 11.1 Å². The maximum Gasteiger partial charge on any atom is 0.277 e. The molecule has 0 saturated heterocycles. The zero-order valence-corrected chi connectivity index (χ0v) is 18.5. The average Bonchev–Trinajstić information content (AvgIpc) is 3.26. The number of ketones is 1. The second-order valence-corrected chi connectivity index (χ2v) is 9.93. The molecule has 0 amide bonds. The molecule has 29 heavy (non-hydrogen) atoms. The summed E-state index contributed by atoms with van der Waals surface area (Å²) in [4.78, 5) is 15.1. The largest absolute Gasteiger partial charge is 0.416 e. The number of thioether (sulfide) groups is 1. The van der Waals surface area contributed by atoms with E-state index in [0.717, 1.165) is 30.1 Å². The summed E-state index contributed by atoms with van der Waals surface area (Å²) in [5.41, 5.74) is 3.22. The van der Waals surface area contributed by atoms with E-state index in [1.54, 1.807) is 6.08 Å². The lowest BCUT2D eigenvalue weighted by molar-refractivity contribution is -0.114.